The van der Waals surface area contributed by atoms with Gasteiger partial charge in [-0.1, -0.05) is 16.9 Å². The van der Waals surface area contributed by atoms with Crippen molar-refractivity contribution in [1.82, 2.24) is 39.8 Å². The zero-order valence-corrected chi connectivity index (χ0v) is 21.9. The number of hydrogen-bond donors (Lipinski definition) is 4. The van der Waals surface area contributed by atoms with Crippen LogP contribution in [0.5, 0.6) is 0 Å². The van der Waals surface area contributed by atoms with E-state index in [9.17, 15) is 37.5 Å². The van der Waals surface area contributed by atoms with Gasteiger partial charge in [0.2, 0.25) is 23.3 Å². The fourth-order valence-corrected chi connectivity index (χ4v) is 6.16. The Bertz CT molecular complexity index is 1410. The van der Waals surface area contributed by atoms with E-state index in [2.05, 4.69) is 40.2 Å². The van der Waals surface area contributed by atoms with Crippen LogP contribution in [0.1, 0.15) is 5.82 Å². The molecule has 1 unspecified atom stereocenters. The van der Waals surface area contributed by atoms with Gasteiger partial charge in [-0.15, -0.1) is 16.9 Å². The number of rotatable bonds is 11. The molecule has 0 spiro atoms. The number of tetrazole rings is 1. The van der Waals surface area contributed by atoms with Gasteiger partial charge in [0.1, 0.15) is 23.7 Å². The van der Waals surface area contributed by atoms with Crippen LogP contribution in [0.4, 0.5) is 18.3 Å². The fourth-order valence-electron chi connectivity index (χ4n) is 3.37. The zero-order chi connectivity index (χ0) is 29.2. The minimum absolute atomic E-state index is 0.00637. The smallest absolute Gasteiger partial charge is 0.425 e. The van der Waals surface area contributed by atoms with Gasteiger partial charge in [-0.05, 0) is 16.0 Å². The molecule has 2 aliphatic heterocycles. The second-order valence-electron chi connectivity index (χ2n) is 7.70. The van der Waals surface area contributed by atoms with Crippen LogP contribution in [0.3, 0.4) is 0 Å². The van der Waals surface area contributed by atoms with Crippen LogP contribution in [-0.2, 0) is 30.6 Å². The first-order valence-electron chi connectivity index (χ1n) is 10.5. The lowest BCUT2D eigenvalue weighted by atomic mass is 10.0. The number of nitrogen functional groups attached to an aromatic ring is 1. The molecule has 1 saturated heterocycles. The SMILES string of the molecule is Nc1nc(C(=NOCC(F)(F)F)C(=O)NC2C(=O)N3C(C(=O)O)=C(CSc4nnnn4CC(=O)O)CS[C@H]23)ns1. The molecule has 23 heteroatoms. The summed E-state index contributed by atoms with van der Waals surface area (Å²) in [7, 11) is 0. The number of carboxylic acids is 2. The van der Waals surface area contributed by atoms with Gasteiger partial charge in [0.25, 0.3) is 11.8 Å². The largest absolute Gasteiger partial charge is 0.480 e. The van der Waals surface area contributed by atoms with E-state index in [0.29, 0.717) is 17.1 Å². The molecule has 2 aliphatic rings. The van der Waals surface area contributed by atoms with E-state index < -0.39 is 66.0 Å². The highest BCUT2D eigenvalue weighted by molar-refractivity contribution is 8.01. The van der Waals surface area contributed by atoms with Gasteiger partial charge in [-0.2, -0.15) is 22.5 Å². The second-order valence-corrected chi connectivity index (χ2v) is 10.5. The maximum Gasteiger partial charge on any atom is 0.425 e. The molecule has 2 amide bonds. The third-order valence-electron chi connectivity index (χ3n) is 4.95. The second kappa shape index (κ2) is 11.6. The Labute approximate surface area is 232 Å². The van der Waals surface area contributed by atoms with E-state index in [1.807, 2.05) is 0 Å². The highest BCUT2D eigenvalue weighted by Crippen LogP contribution is 2.41. The van der Waals surface area contributed by atoms with Crippen molar-refractivity contribution in [3.8, 4) is 0 Å². The van der Waals surface area contributed by atoms with Crippen molar-refractivity contribution in [2.75, 3.05) is 23.8 Å². The summed E-state index contributed by atoms with van der Waals surface area (Å²) in [5.74, 6) is -4.88. The number of nitrogens with zero attached hydrogens (tertiary/aromatic N) is 8. The van der Waals surface area contributed by atoms with Crippen molar-refractivity contribution in [2.45, 2.75) is 29.3 Å². The Morgan fingerprint density at radius 3 is 2.67 bits per heavy atom. The minimum Gasteiger partial charge on any atom is -0.480 e. The molecule has 4 heterocycles. The number of aromatic nitrogens is 6. The molecule has 0 radical (unpaired) electrons. The number of nitrogens with one attached hydrogen (secondary N) is 1. The number of oxime groups is 1. The first-order valence-corrected chi connectivity index (χ1v) is 13.3. The summed E-state index contributed by atoms with van der Waals surface area (Å²) in [6.07, 6.45) is -4.75. The van der Waals surface area contributed by atoms with Crippen LogP contribution in [0, 0.1) is 0 Å². The number of anilines is 1. The number of thioether (sulfide) groups is 2. The highest BCUT2D eigenvalue weighted by atomic mass is 32.2. The van der Waals surface area contributed by atoms with Gasteiger partial charge >= 0.3 is 18.1 Å². The maximum absolute atomic E-state index is 12.9. The van der Waals surface area contributed by atoms with Crippen LogP contribution in [-0.4, -0.2) is 110 Å². The quantitative estimate of drug-likeness (QED) is 0.101. The Morgan fingerprint density at radius 1 is 1.30 bits per heavy atom. The molecular formula is C17H15F3N10O7S3. The minimum atomic E-state index is -4.75. The Morgan fingerprint density at radius 2 is 2.05 bits per heavy atom. The van der Waals surface area contributed by atoms with Crippen LogP contribution >= 0.6 is 35.1 Å². The lowest BCUT2D eigenvalue weighted by molar-refractivity contribution is -0.174. The van der Waals surface area contributed by atoms with Crippen LogP contribution in [0.2, 0.25) is 0 Å². The third-order valence-corrected chi connectivity index (χ3v) is 7.87. The van der Waals surface area contributed by atoms with Gasteiger partial charge in [0, 0.05) is 23.0 Å². The highest BCUT2D eigenvalue weighted by Gasteiger charge is 2.54. The summed E-state index contributed by atoms with van der Waals surface area (Å²) in [5, 5.41) is 34.0. The molecule has 2 atom stereocenters. The molecule has 1 fully saturated rings. The lowest BCUT2D eigenvalue weighted by Crippen LogP contribution is -2.71. The summed E-state index contributed by atoms with van der Waals surface area (Å²) >= 11 is 2.72. The number of aliphatic carboxylic acids is 2. The number of carbonyl (C=O) groups excluding carboxylic acids is 2. The first kappa shape index (κ1) is 29.0. The standard InChI is InChI=1S/C17H15F3N10O7S3/c18-17(19,20)4-37-25-7(10-23-15(21)40-26-10)11(33)22-8-12(34)30-9(14(35)36)5(2-38-13(8)30)3-39-16-24-27-28-29(16)1-6(31)32/h8,13H,1-4H2,(H,22,33)(H,31,32)(H,35,36)(H2,21,23,26)/t8?,13-/m1/s1. The average Bonchev–Trinajstić information content (AvgIpc) is 3.50. The molecule has 40 heavy (non-hydrogen) atoms. The van der Waals surface area contributed by atoms with Crippen molar-refractivity contribution in [3.05, 3.63) is 17.1 Å². The molecular weight excluding hydrogens is 609 g/mol. The lowest BCUT2D eigenvalue weighted by Gasteiger charge is -2.49. The molecule has 2 aromatic rings. The fraction of sp³-hybridized carbons (Fsp3) is 0.412. The van der Waals surface area contributed by atoms with Crippen molar-refractivity contribution >= 4 is 69.7 Å². The summed E-state index contributed by atoms with van der Waals surface area (Å²) < 4.78 is 42.2. The van der Waals surface area contributed by atoms with Gasteiger partial charge < -0.3 is 26.1 Å². The van der Waals surface area contributed by atoms with Crippen molar-refractivity contribution in [3.63, 3.8) is 0 Å². The number of amides is 2. The van der Waals surface area contributed by atoms with Crippen LogP contribution in [0.15, 0.2) is 21.6 Å². The monoisotopic (exact) mass is 624 g/mol. The number of nitrogens with two attached hydrogens (primary N) is 1. The van der Waals surface area contributed by atoms with Crippen molar-refractivity contribution in [2.24, 2.45) is 5.16 Å². The van der Waals surface area contributed by atoms with E-state index in [1.165, 1.54) is 0 Å². The number of alkyl halides is 3. The van der Waals surface area contributed by atoms with E-state index in [4.69, 9.17) is 10.8 Å². The van der Waals surface area contributed by atoms with Gasteiger partial charge in [0.05, 0.1) is 0 Å². The van der Waals surface area contributed by atoms with Crippen molar-refractivity contribution in [1.29, 1.82) is 0 Å². The number of β-lactam (4-membered cyclic amide) rings is 1. The van der Waals surface area contributed by atoms with E-state index in [-0.39, 0.29) is 27.5 Å². The number of fused-ring (bicyclic) bond motifs is 1. The normalized spacial score (nSPS) is 19.2. The van der Waals surface area contributed by atoms with Gasteiger partial charge in [0.15, 0.2) is 5.13 Å². The van der Waals surface area contributed by atoms with E-state index >= 15 is 0 Å². The molecule has 2 aromatic heterocycles. The molecule has 0 aromatic carbocycles. The maximum atomic E-state index is 12.9. The number of carboxylic acid groups (broad SMARTS) is 2. The third kappa shape index (κ3) is 6.41. The van der Waals surface area contributed by atoms with E-state index in [1.54, 1.807) is 0 Å². The summed E-state index contributed by atoms with van der Waals surface area (Å²) in [6, 6.07) is -1.26. The molecule has 5 N–H and O–H groups in total. The molecule has 214 valence electrons. The molecule has 0 bridgehead atoms. The summed E-state index contributed by atoms with van der Waals surface area (Å²) in [4.78, 5) is 57.7. The van der Waals surface area contributed by atoms with Crippen molar-refractivity contribution < 1.29 is 47.4 Å². The molecule has 4 rings (SSSR count). The van der Waals surface area contributed by atoms with Gasteiger partial charge in [-0.3, -0.25) is 19.3 Å². The summed E-state index contributed by atoms with van der Waals surface area (Å²) in [5.41, 5.74) is 4.69. The zero-order valence-electron chi connectivity index (χ0n) is 19.4. The predicted molar refractivity (Wildman–Crippen MR) is 129 cm³/mol. The number of halogens is 3. The summed E-state index contributed by atoms with van der Waals surface area (Å²) in [6.45, 7) is -2.33. The average molecular weight is 625 g/mol. The molecule has 0 saturated carbocycles. The Kier molecular flexibility index (Phi) is 8.43. The molecule has 17 nitrogen and oxygen atoms in total. The van der Waals surface area contributed by atoms with Crippen LogP contribution < -0.4 is 11.1 Å². The molecule has 0 aliphatic carbocycles. The number of carbonyl (C=O) groups is 4. The van der Waals surface area contributed by atoms with Crippen LogP contribution in [0.25, 0.3) is 0 Å². The van der Waals surface area contributed by atoms with E-state index in [0.717, 1.165) is 33.1 Å². The first-order chi connectivity index (χ1) is 18.9. The van der Waals surface area contributed by atoms with Gasteiger partial charge in [-0.25, -0.2) is 9.48 Å². The number of hydrogen-bond acceptors (Lipinski definition) is 15. The predicted octanol–water partition coefficient (Wildman–Crippen LogP) is -0.995. The topological polar surface area (TPSA) is 241 Å². The Balaban J connectivity index is 1.48. The Hall–Kier alpha value is -3.99.